The van der Waals surface area contributed by atoms with Crippen molar-refractivity contribution in [3.05, 3.63) is 62.4 Å². The Bertz CT molecular complexity index is 737. The maximum Gasteiger partial charge on any atom is 0.282 e. The minimum atomic E-state index is -0.707. The molecule has 0 aliphatic rings. The molecule has 0 aliphatic carbocycles. The smallest absolute Gasteiger partial charge is 0.282 e. The molecule has 2 aromatic rings. The number of anilines is 2. The maximum atomic E-state index is 13.0. The molecule has 1 amide bonds. The van der Waals surface area contributed by atoms with Gasteiger partial charge in [0.2, 0.25) is 0 Å². The number of halogens is 2. The number of amides is 1. The van der Waals surface area contributed by atoms with Gasteiger partial charge in [-0.2, -0.15) is 0 Å². The topological polar surface area (TPSA) is 98.3 Å². The largest absolute Gasteiger partial charge is 0.399 e. The molecule has 8 heteroatoms. The summed E-state index contributed by atoms with van der Waals surface area (Å²) in [4.78, 5) is 22.4. The summed E-state index contributed by atoms with van der Waals surface area (Å²) in [6.07, 6.45) is 0. The third-order valence-corrected chi connectivity index (χ3v) is 3.30. The zero-order valence-electron chi connectivity index (χ0n) is 10.5. The number of nitrogens with zero attached hydrogens (tertiary/aromatic N) is 1. The van der Waals surface area contributed by atoms with Crippen LogP contribution in [0.2, 0.25) is 0 Å². The summed E-state index contributed by atoms with van der Waals surface area (Å²) in [5.74, 6) is -1.18. The molecule has 0 saturated heterocycles. The first kappa shape index (κ1) is 14.9. The first-order valence-corrected chi connectivity index (χ1v) is 6.48. The molecule has 0 radical (unpaired) electrons. The first-order valence-electron chi connectivity index (χ1n) is 5.69. The van der Waals surface area contributed by atoms with E-state index in [1.165, 1.54) is 24.3 Å². The normalized spacial score (nSPS) is 10.2. The molecule has 0 atom stereocenters. The highest BCUT2D eigenvalue weighted by molar-refractivity contribution is 9.10. The summed E-state index contributed by atoms with van der Waals surface area (Å²) in [5, 5.41) is 13.4. The van der Waals surface area contributed by atoms with Crippen LogP contribution in [0.5, 0.6) is 0 Å². The van der Waals surface area contributed by atoms with E-state index in [1.807, 2.05) is 0 Å². The van der Waals surface area contributed by atoms with Gasteiger partial charge >= 0.3 is 0 Å². The number of hydrogen-bond acceptors (Lipinski definition) is 4. The predicted molar refractivity (Wildman–Crippen MR) is 79.6 cm³/mol. The van der Waals surface area contributed by atoms with E-state index >= 15 is 0 Å². The number of rotatable bonds is 3. The van der Waals surface area contributed by atoms with Crippen LogP contribution in [-0.4, -0.2) is 10.8 Å². The van der Waals surface area contributed by atoms with E-state index in [2.05, 4.69) is 21.2 Å². The summed E-state index contributed by atoms with van der Waals surface area (Å²) < 4.78 is 13.3. The fourth-order valence-corrected chi connectivity index (χ4v) is 2.13. The second kappa shape index (κ2) is 5.88. The van der Waals surface area contributed by atoms with Crippen molar-refractivity contribution in [1.82, 2.24) is 0 Å². The molecule has 0 heterocycles. The van der Waals surface area contributed by atoms with E-state index in [0.29, 0.717) is 4.47 Å². The molecule has 3 N–H and O–H groups in total. The molecule has 0 bridgehead atoms. The van der Waals surface area contributed by atoms with Crippen LogP contribution >= 0.6 is 15.9 Å². The molecule has 0 unspecified atom stereocenters. The highest BCUT2D eigenvalue weighted by Crippen LogP contribution is 2.26. The van der Waals surface area contributed by atoms with Crippen LogP contribution in [0.3, 0.4) is 0 Å². The molecule has 108 valence electrons. The molecule has 0 aromatic heterocycles. The van der Waals surface area contributed by atoms with Crippen molar-refractivity contribution in [2.75, 3.05) is 11.1 Å². The molecule has 2 rings (SSSR count). The monoisotopic (exact) mass is 353 g/mol. The SMILES string of the molecule is Nc1ccc([N+](=O)[O-])c(C(=O)Nc2ccc(F)cc2Br)c1. The number of hydrogen-bond donors (Lipinski definition) is 2. The molecule has 0 fully saturated rings. The van der Waals surface area contributed by atoms with Gasteiger partial charge in [-0.05, 0) is 46.3 Å². The Balaban J connectivity index is 2.36. The molecule has 0 spiro atoms. The van der Waals surface area contributed by atoms with Crippen molar-refractivity contribution in [2.24, 2.45) is 0 Å². The molecule has 6 nitrogen and oxygen atoms in total. The minimum Gasteiger partial charge on any atom is -0.399 e. The van der Waals surface area contributed by atoms with Gasteiger partial charge in [0.25, 0.3) is 11.6 Å². The predicted octanol–water partition coefficient (Wildman–Crippen LogP) is 3.33. The van der Waals surface area contributed by atoms with Gasteiger partial charge < -0.3 is 11.1 Å². The van der Waals surface area contributed by atoms with Gasteiger partial charge in [-0.3, -0.25) is 14.9 Å². The number of nitrogens with two attached hydrogens (primary N) is 1. The average Bonchev–Trinajstić information content (AvgIpc) is 2.41. The van der Waals surface area contributed by atoms with Crippen LogP contribution in [0.25, 0.3) is 0 Å². The van der Waals surface area contributed by atoms with Gasteiger partial charge in [0.1, 0.15) is 11.4 Å². The van der Waals surface area contributed by atoms with E-state index in [1.54, 1.807) is 0 Å². The third kappa shape index (κ3) is 3.34. The lowest BCUT2D eigenvalue weighted by Gasteiger charge is -2.08. The highest BCUT2D eigenvalue weighted by atomic mass is 79.9. The molecule has 0 saturated carbocycles. The summed E-state index contributed by atoms with van der Waals surface area (Å²) in [6.45, 7) is 0. The van der Waals surface area contributed by atoms with Gasteiger partial charge in [-0.1, -0.05) is 0 Å². The molecule has 21 heavy (non-hydrogen) atoms. The number of nitrogens with one attached hydrogen (secondary N) is 1. The Morgan fingerprint density at radius 1 is 1.29 bits per heavy atom. The van der Waals surface area contributed by atoms with Crippen LogP contribution in [0, 0.1) is 15.9 Å². The quantitative estimate of drug-likeness (QED) is 0.502. The van der Waals surface area contributed by atoms with Gasteiger partial charge in [-0.15, -0.1) is 0 Å². The lowest BCUT2D eigenvalue weighted by Crippen LogP contribution is -2.14. The van der Waals surface area contributed by atoms with Crippen LogP contribution in [-0.2, 0) is 0 Å². The number of nitro groups is 1. The van der Waals surface area contributed by atoms with Crippen LogP contribution in [0.1, 0.15) is 10.4 Å². The van der Waals surface area contributed by atoms with Crippen molar-refractivity contribution in [3.8, 4) is 0 Å². The number of carbonyl (C=O) groups excluding carboxylic acids is 1. The minimum absolute atomic E-state index is 0.170. The summed E-state index contributed by atoms with van der Waals surface area (Å²) >= 11 is 3.10. The molecule has 0 aliphatic heterocycles. The van der Waals surface area contributed by atoms with E-state index in [-0.39, 0.29) is 22.6 Å². The summed E-state index contributed by atoms with van der Waals surface area (Å²) in [7, 11) is 0. The average molecular weight is 354 g/mol. The van der Waals surface area contributed by atoms with Crippen molar-refractivity contribution >= 4 is 38.9 Å². The fourth-order valence-electron chi connectivity index (χ4n) is 1.68. The van der Waals surface area contributed by atoms with Crippen LogP contribution in [0.4, 0.5) is 21.5 Å². The van der Waals surface area contributed by atoms with Crippen molar-refractivity contribution < 1.29 is 14.1 Å². The van der Waals surface area contributed by atoms with Crippen molar-refractivity contribution in [1.29, 1.82) is 0 Å². The van der Waals surface area contributed by atoms with Gasteiger partial charge in [0, 0.05) is 16.2 Å². The standard InChI is InChI=1S/C13H9BrFN3O3/c14-10-5-7(15)1-3-11(10)17-13(19)9-6-8(16)2-4-12(9)18(20)21/h1-6H,16H2,(H,17,19). The Kier molecular flexibility index (Phi) is 4.18. The Labute approximate surface area is 127 Å². The number of nitrogen functional groups attached to an aromatic ring is 1. The van der Waals surface area contributed by atoms with Gasteiger partial charge in [0.15, 0.2) is 0 Å². The highest BCUT2D eigenvalue weighted by Gasteiger charge is 2.21. The summed E-state index contributed by atoms with van der Waals surface area (Å²) in [6, 6.07) is 7.38. The zero-order valence-corrected chi connectivity index (χ0v) is 12.1. The molecular formula is C13H9BrFN3O3. The Hall–Kier alpha value is -2.48. The van der Waals surface area contributed by atoms with Crippen LogP contribution < -0.4 is 11.1 Å². The zero-order chi connectivity index (χ0) is 15.6. The van der Waals surface area contributed by atoms with Crippen LogP contribution in [0.15, 0.2) is 40.9 Å². The fraction of sp³-hybridized carbons (Fsp3) is 0. The van der Waals surface area contributed by atoms with Crippen molar-refractivity contribution in [3.63, 3.8) is 0 Å². The second-order valence-corrected chi connectivity index (χ2v) is 4.97. The Morgan fingerprint density at radius 3 is 2.62 bits per heavy atom. The number of nitro benzene ring substituents is 1. The van der Waals surface area contributed by atoms with Gasteiger partial charge in [0.05, 0.1) is 10.6 Å². The van der Waals surface area contributed by atoms with E-state index < -0.39 is 16.6 Å². The Morgan fingerprint density at radius 2 is 2.00 bits per heavy atom. The first-order chi connectivity index (χ1) is 9.88. The van der Waals surface area contributed by atoms with E-state index in [0.717, 1.165) is 12.1 Å². The second-order valence-electron chi connectivity index (χ2n) is 4.11. The van der Waals surface area contributed by atoms with Crippen molar-refractivity contribution in [2.45, 2.75) is 0 Å². The van der Waals surface area contributed by atoms with Gasteiger partial charge in [-0.25, -0.2) is 4.39 Å². The van der Waals surface area contributed by atoms with E-state index in [9.17, 15) is 19.3 Å². The number of carbonyl (C=O) groups is 1. The lowest BCUT2D eigenvalue weighted by atomic mass is 10.1. The molecular weight excluding hydrogens is 345 g/mol. The number of benzene rings is 2. The maximum absolute atomic E-state index is 13.0. The molecule has 2 aromatic carbocycles. The van der Waals surface area contributed by atoms with E-state index in [4.69, 9.17) is 5.73 Å². The third-order valence-electron chi connectivity index (χ3n) is 2.64. The lowest BCUT2D eigenvalue weighted by molar-refractivity contribution is -0.385. The summed E-state index contributed by atoms with van der Waals surface area (Å²) in [5.41, 5.74) is 5.53.